The minimum atomic E-state index is 0.701. The lowest BCUT2D eigenvalue weighted by molar-refractivity contribution is 0.440. The molecule has 0 spiro atoms. The van der Waals surface area contributed by atoms with Crippen LogP contribution in [0.5, 0.6) is 0 Å². The molecule has 1 aliphatic rings. The van der Waals surface area contributed by atoms with Gasteiger partial charge in [0.15, 0.2) is 0 Å². The first-order valence-corrected chi connectivity index (χ1v) is 6.74. The minimum Gasteiger partial charge on any atom is -0.311 e. The van der Waals surface area contributed by atoms with E-state index in [1.54, 1.807) is 11.3 Å². The second kappa shape index (κ2) is 5.56. The van der Waals surface area contributed by atoms with Gasteiger partial charge in [0.2, 0.25) is 0 Å². The van der Waals surface area contributed by atoms with E-state index in [4.69, 9.17) is 0 Å². The third kappa shape index (κ3) is 2.98. The molecule has 1 saturated carbocycles. The van der Waals surface area contributed by atoms with Crippen molar-refractivity contribution in [3.63, 3.8) is 0 Å². The molecule has 3 nitrogen and oxygen atoms in total. The van der Waals surface area contributed by atoms with Crippen LogP contribution in [0.4, 0.5) is 0 Å². The van der Waals surface area contributed by atoms with Crippen LogP contribution in [0.1, 0.15) is 55.0 Å². The molecular weight excluding hydrogens is 206 g/mol. The monoisotopic (exact) mass is 225 g/mol. The molecule has 0 atom stereocenters. The summed E-state index contributed by atoms with van der Waals surface area (Å²) in [5.41, 5.74) is 0. The van der Waals surface area contributed by atoms with Crippen LogP contribution in [0.15, 0.2) is 0 Å². The Kier molecular flexibility index (Phi) is 4.09. The molecule has 0 aliphatic heterocycles. The highest BCUT2D eigenvalue weighted by Crippen LogP contribution is 2.33. The summed E-state index contributed by atoms with van der Waals surface area (Å²) in [5, 5.41) is 14.2. The van der Waals surface area contributed by atoms with Gasteiger partial charge in [-0.15, -0.1) is 10.2 Å². The summed E-state index contributed by atoms with van der Waals surface area (Å²) >= 11 is 1.79. The topological polar surface area (TPSA) is 37.8 Å². The molecule has 84 valence electrons. The van der Waals surface area contributed by atoms with Crippen LogP contribution in [0.3, 0.4) is 0 Å². The van der Waals surface area contributed by atoms with Crippen LogP contribution in [-0.4, -0.2) is 16.7 Å². The van der Waals surface area contributed by atoms with Gasteiger partial charge < -0.3 is 5.32 Å². The molecule has 4 heteroatoms. The lowest BCUT2D eigenvalue weighted by Crippen LogP contribution is -2.11. The van der Waals surface area contributed by atoms with E-state index in [2.05, 4.69) is 22.4 Å². The molecule has 1 aliphatic carbocycles. The van der Waals surface area contributed by atoms with Crippen LogP contribution in [0.25, 0.3) is 0 Å². The van der Waals surface area contributed by atoms with Crippen molar-refractivity contribution >= 4 is 11.3 Å². The summed E-state index contributed by atoms with van der Waals surface area (Å²) < 4.78 is 0. The number of nitrogens with one attached hydrogen (secondary N) is 1. The summed E-state index contributed by atoms with van der Waals surface area (Å²) in [5.74, 6) is 0.701. The lowest BCUT2D eigenvalue weighted by Gasteiger charge is -2.18. The largest absolute Gasteiger partial charge is 0.311 e. The summed E-state index contributed by atoms with van der Waals surface area (Å²) in [6, 6.07) is 0. The number of hydrogen-bond donors (Lipinski definition) is 1. The predicted molar refractivity (Wildman–Crippen MR) is 63.1 cm³/mol. The summed E-state index contributed by atoms with van der Waals surface area (Å²) in [4.78, 5) is 0. The normalized spacial score (nSPS) is 18.2. The van der Waals surface area contributed by atoms with Crippen molar-refractivity contribution in [2.45, 2.75) is 51.5 Å². The van der Waals surface area contributed by atoms with Crippen molar-refractivity contribution in [2.75, 3.05) is 6.54 Å². The molecule has 2 rings (SSSR count). The van der Waals surface area contributed by atoms with Gasteiger partial charge in [-0.2, -0.15) is 0 Å². The van der Waals surface area contributed by atoms with Gasteiger partial charge in [0, 0.05) is 12.5 Å². The van der Waals surface area contributed by atoms with Gasteiger partial charge in [0.05, 0.1) is 0 Å². The summed E-state index contributed by atoms with van der Waals surface area (Å²) in [6.07, 6.45) is 6.77. The van der Waals surface area contributed by atoms with Crippen molar-refractivity contribution in [1.82, 2.24) is 15.5 Å². The maximum absolute atomic E-state index is 4.32. The molecule has 1 heterocycles. The van der Waals surface area contributed by atoms with Crippen LogP contribution >= 0.6 is 11.3 Å². The fourth-order valence-electron chi connectivity index (χ4n) is 2.08. The lowest BCUT2D eigenvalue weighted by atomic mass is 9.90. The van der Waals surface area contributed by atoms with E-state index in [0.717, 1.165) is 18.1 Å². The van der Waals surface area contributed by atoms with Crippen LogP contribution in [-0.2, 0) is 6.54 Å². The highest BCUT2D eigenvalue weighted by molar-refractivity contribution is 7.11. The van der Waals surface area contributed by atoms with Gasteiger partial charge in [-0.3, -0.25) is 0 Å². The Morgan fingerprint density at radius 1 is 1.27 bits per heavy atom. The molecular formula is C11H19N3S. The SMILES string of the molecule is CCNCc1nnc(C2CCCCC2)s1. The number of hydrogen-bond acceptors (Lipinski definition) is 4. The number of rotatable bonds is 4. The van der Waals surface area contributed by atoms with Crippen molar-refractivity contribution in [3.8, 4) is 0 Å². The molecule has 1 aromatic rings. The third-order valence-corrected chi connectivity index (χ3v) is 4.05. The minimum absolute atomic E-state index is 0.701. The highest BCUT2D eigenvalue weighted by Gasteiger charge is 2.19. The Bertz CT molecular complexity index is 292. The predicted octanol–water partition coefficient (Wildman–Crippen LogP) is 2.70. The van der Waals surface area contributed by atoms with Crippen molar-refractivity contribution in [1.29, 1.82) is 0 Å². The molecule has 0 bridgehead atoms. The maximum Gasteiger partial charge on any atom is 0.131 e. The first-order chi connectivity index (χ1) is 7.40. The molecule has 0 radical (unpaired) electrons. The second-order valence-corrected chi connectivity index (χ2v) is 5.24. The maximum atomic E-state index is 4.32. The number of aromatic nitrogens is 2. The van der Waals surface area contributed by atoms with E-state index in [1.807, 2.05) is 0 Å². The van der Waals surface area contributed by atoms with E-state index in [1.165, 1.54) is 37.1 Å². The van der Waals surface area contributed by atoms with Crippen molar-refractivity contribution in [3.05, 3.63) is 10.0 Å². The average Bonchev–Trinajstić information content (AvgIpc) is 2.76. The first kappa shape index (κ1) is 11.0. The summed E-state index contributed by atoms with van der Waals surface area (Å²) in [6.45, 7) is 3.99. The van der Waals surface area contributed by atoms with Crippen LogP contribution in [0, 0.1) is 0 Å². The molecule has 0 aromatic carbocycles. The molecule has 1 fully saturated rings. The van der Waals surface area contributed by atoms with Gasteiger partial charge in [-0.1, -0.05) is 37.5 Å². The van der Waals surface area contributed by atoms with Crippen molar-refractivity contribution in [2.24, 2.45) is 0 Å². The molecule has 0 saturated heterocycles. The molecule has 0 amide bonds. The van der Waals surface area contributed by atoms with E-state index in [-0.39, 0.29) is 0 Å². The summed E-state index contributed by atoms with van der Waals surface area (Å²) in [7, 11) is 0. The highest BCUT2D eigenvalue weighted by atomic mass is 32.1. The Labute approximate surface area is 95.3 Å². The Balaban J connectivity index is 1.93. The van der Waals surface area contributed by atoms with Gasteiger partial charge in [-0.25, -0.2) is 0 Å². The molecule has 1 N–H and O–H groups in total. The average molecular weight is 225 g/mol. The zero-order chi connectivity index (χ0) is 10.5. The second-order valence-electron chi connectivity index (χ2n) is 4.15. The Morgan fingerprint density at radius 3 is 2.80 bits per heavy atom. The zero-order valence-electron chi connectivity index (χ0n) is 9.33. The van der Waals surface area contributed by atoms with Gasteiger partial charge in [0.25, 0.3) is 0 Å². The fraction of sp³-hybridized carbons (Fsp3) is 0.818. The zero-order valence-corrected chi connectivity index (χ0v) is 10.1. The van der Waals surface area contributed by atoms with E-state index in [0.29, 0.717) is 5.92 Å². The van der Waals surface area contributed by atoms with E-state index >= 15 is 0 Å². The first-order valence-electron chi connectivity index (χ1n) is 5.93. The number of nitrogens with zero attached hydrogens (tertiary/aromatic N) is 2. The van der Waals surface area contributed by atoms with Gasteiger partial charge >= 0.3 is 0 Å². The van der Waals surface area contributed by atoms with Crippen molar-refractivity contribution < 1.29 is 0 Å². The van der Waals surface area contributed by atoms with E-state index < -0.39 is 0 Å². The Morgan fingerprint density at radius 2 is 2.07 bits per heavy atom. The molecule has 0 unspecified atom stereocenters. The quantitative estimate of drug-likeness (QED) is 0.856. The standard InChI is InChI=1S/C11H19N3S/c1-2-12-8-10-13-14-11(15-10)9-6-4-3-5-7-9/h9,12H,2-8H2,1H3. The van der Waals surface area contributed by atoms with Crippen LogP contribution < -0.4 is 5.32 Å². The third-order valence-electron chi connectivity index (χ3n) is 2.96. The van der Waals surface area contributed by atoms with E-state index in [9.17, 15) is 0 Å². The fourth-order valence-corrected chi connectivity index (χ4v) is 3.07. The molecule has 15 heavy (non-hydrogen) atoms. The molecule has 1 aromatic heterocycles. The Hall–Kier alpha value is -0.480. The van der Waals surface area contributed by atoms with Gasteiger partial charge in [0.1, 0.15) is 10.0 Å². The van der Waals surface area contributed by atoms with Gasteiger partial charge in [-0.05, 0) is 19.4 Å². The smallest absolute Gasteiger partial charge is 0.131 e. The van der Waals surface area contributed by atoms with Crippen LogP contribution in [0.2, 0.25) is 0 Å².